The standard InChI is InChI=1S/C19H23N5O2S/c1-13-12-21-19(27-13)23-16(25)9-4-3-6-10-20-18(26)17-14(2)22-15-8-5-7-11-24(15)17/h5,7-8,11-12H,3-4,6,9-10H2,1-2H3,(H,20,26)(H,21,23,25). The maximum Gasteiger partial charge on any atom is 0.270 e. The van der Waals surface area contributed by atoms with Crippen LogP contribution in [-0.2, 0) is 4.79 Å². The molecule has 0 saturated heterocycles. The minimum Gasteiger partial charge on any atom is -0.351 e. The number of pyridine rings is 1. The largest absolute Gasteiger partial charge is 0.351 e. The zero-order valence-electron chi connectivity index (χ0n) is 15.5. The van der Waals surface area contributed by atoms with Crippen LogP contribution in [0.1, 0.15) is 46.7 Å². The van der Waals surface area contributed by atoms with Crippen molar-refractivity contribution < 1.29 is 9.59 Å². The lowest BCUT2D eigenvalue weighted by Crippen LogP contribution is -2.26. The van der Waals surface area contributed by atoms with Gasteiger partial charge in [0.15, 0.2) is 5.13 Å². The number of hydrogen-bond acceptors (Lipinski definition) is 5. The molecule has 3 aromatic heterocycles. The maximum atomic E-state index is 12.4. The van der Waals surface area contributed by atoms with E-state index in [4.69, 9.17) is 0 Å². The summed E-state index contributed by atoms with van der Waals surface area (Å²) in [6.07, 6.45) is 6.52. The van der Waals surface area contributed by atoms with Crippen LogP contribution in [0, 0.1) is 13.8 Å². The van der Waals surface area contributed by atoms with Crippen LogP contribution >= 0.6 is 11.3 Å². The summed E-state index contributed by atoms with van der Waals surface area (Å²) < 4.78 is 1.80. The third-order valence-corrected chi connectivity index (χ3v) is 4.98. The monoisotopic (exact) mass is 385 g/mol. The molecule has 0 bridgehead atoms. The molecule has 2 N–H and O–H groups in total. The normalized spacial score (nSPS) is 10.9. The summed E-state index contributed by atoms with van der Waals surface area (Å²) in [6.45, 7) is 4.37. The summed E-state index contributed by atoms with van der Waals surface area (Å²) in [7, 11) is 0. The summed E-state index contributed by atoms with van der Waals surface area (Å²) in [5, 5.41) is 6.39. The minimum absolute atomic E-state index is 0.0188. The Morgan fingerprint density at radius 3 is 2.81 bits per heavy atom. The third-order valence-electron chi connectivity index (χ3n) is 4.15. The SMILES string of the molecule is Cc1cnc(NC(=O)CCCCCNC(=O)c2c(C)nc3ccccn23)s1. The van der Waals surface area contributed by atoms with E-state index in [1.165, 1.54) is 11.3 Å². The number of imidazole rings is 1. The number of carbonyl (C=O) groups is 2. The zero-order chi connectivity index (χ0) is 19.2. The Kier molecular flexibility index (Phi) is 6.18. The van der Waals surface area contributed by atoms with E-state index in [1.54, 1.807) is 10.6 Å². The van der Waals surface area contributed by atoms with Gasteiger partial charge in [0.2, 0.25) is 5.91 Å². The molecule has 0 fully saturated rings. The summed E-state index contributed by atoms with van der Waals surface area (Å²) in [5.41, 5.74) is 2.05. The van der Waals surface area contributed by atoms with Crippen molar-refractivity contribution >= 4 is 33.9 Å². The average molecular weight is 385 g/mol. The number of aromatic nitrogens is 3. The van der Waals surface area contributed by atoms with Crippen LogP contribution < -0.4 is 10.6 Å². The van der Waals surface area contributed by atoms with Crippen LogP contribution in [0.15, 0.2) is 30.6 Å². The second kappa shape index (κ2) is 8.77. The number of rotatable bonds is 8. The molecule has 0 saturated carbocycles. The number of carbonyl (C=O) groups excluding carboxylic acids is 2. The van der Waals surface area contributed by atoms with Gasteiger partial charge < -0.3 is 10.6 Å². The topological polar surface area (TPSA) is 88.4 Å². The molecule has 0 aliphatic heterocycles. The fraction of sp³-hybridized carbons (Fsp3) is 0.368. The lowest BCUT2D eigenvalue weighted by atomic mass is 10.2. The van der Waals surface area contributed by atoms with Crippen molar-refractivity contribution in [2.75, 3.05) is 11.9 Å². The van der Waals surface area contributed by atoms with E-state index in [1.807, 2.05) is 38.2 Å². The molecule has 3 rings (SSSR count). The van der Waals surface area contributed by atoms with Crippen LogP contribution in [0.25, 0.3) is 5.65 Å². The number of nitrogens with one attached hydrogen (secondary N) is 2. The van der Waals surface area contributed by atoms with Crippen molar-refractivity contribution in [1.29, 1.82) is 0 Å². The van der Waals surface area contributed by atoms with Gasteiger partial charge in [0.25, 0.3) is 5.91 Å². The summed E-state index contributed by atoms with van der Waals surface area (Å²) in [4.78, 5) is 33.9. The maximum absolute atomic E-state index is 12.4. The van der Waals surface area contributed by atoms with Crippen molar-refractivity contribution in [2.45, 2.75) is 39.5 Å². The number of thiazole rings is 1. The van der Waals surface area contributed by atoms with E-state index in [9.17, 15) is 9.59 Å². The Hall–Kier alpha value is -2.74. The number of anilines is 1. The van der Waals surface area contributed by atoms with Crippen LogP contribution in [0.3, 0.4) is 0 Å². The van der Waals surface area contributed by atoms with Crippen LogP contribution in [-0.4, -0.2) is 32.7 Å². The highest BCUT2D eigenvalue weighted by molar-refractivity contribution is 7.15. The van der Waals surface area contributed by atoms with Crippen molar-refractivity contribution in [3.63, 3.8) is 0 Å². The molecule has 0 aromatic carbocycles. The quantitative estimate of drug-likeness (QED) is 0.582. The smallest absolute Gasteiger partial charge is 0.270 e. The predicted octanol–water partition coefficient (Wildman–Crippen LogP) is 3.34. The first-order valence-corrected chi connectivity index (χ1v) is 9.80. The molecule has 0 aliphatic rings. The average Bonchev–Trinajstić information content (AvgIpc) is 3.19. The van der Waals surface area contributed by atoms with Crippen molar-refractivity contribution in [3.8, 4) is 0 Å². The first-order chi connectivity index (χ1) is 13.0. The summed E-state index contributed by atoms with van der Waals surface area (Å²) >= 11 is 1.47. The van der Waals surface area contributed by atoms with Gasteiger partial charge in [-0.1, -0.05) is 12.5 Å². The molecule has 142 valence electrons. The zero-order valence-corrected chi connectivity index (χ0v) is 16.3. The van der Waals surface area contributed by atoms with Gasteiger partial charge >= 0.3 is 0 Å². The van der Waals surface area contributed by atoms with Gasteiger partial charge in [0.05, 0.1) is 5.69 Å². The van der Waals surface area contributed by atoms with E-state index in [0.717, 1.165) is 29.8 Å². The van der Waals surface area contributed by atoms with Crippen molar-refractivity contribution in [1.82, 2.24) is 19.7 Å². The second-order valence-electron chi connectivity index (χ2n) is 6.37. The Morgan fingerprint density at radius 2 is 2.04 bits per heavy atom. The first-order valence-electron chi connectivity index (χ1n) is 8.99. The van der Waals surface area contributed by atoms with Gasteiger partial charge in [-0.25, -0.2) is 9.97 Å². The lowest BCUT2D eigenvalue weighted by Gasteiger charge is -2.06. The molecule has 0 atom stereocenters. The van der Waals surface area contributed by atoms with E-state index < -0.39 is 0 Å². The van der Waals surface area contributed by atoms with E-state index in [0.29, 0.717) is 29.5 Å². The summed E-state index contributed by atoms with van der Waals surface area (Å²) in [5.74, 6) is -0.141. The molecule has 7 nitrogen and oxygen atoms in total. The molecule has 3 aromatic rings. The lowest BCUT2D eigenvalue weighted by molar-refractivity contribution is -0.116. The van der Waals surface area contributed by atoms with Crippen molar-refractivity contribution in [2.24, 2.45) is 0 Å². The van der Waals surface area contributed by atoms with Crippen LogP contribution in [0.5, 0.6) is 0 Å². The number of unbranched alkanes of at least 4 members (excludes halogenated alkanes) is 2. The highest BCUT2D eigenvalue weighted by Crippen LogP contribution is 2.17. The van der Waals surface area contributed by atoms with E-state index in [-0.39, 0.29) is 11.8 Å². The number of aryl methyl sites for hydroxylation is 2. The number of nitrogens with zero attached hydrogens (tertiary/aromatic N) is 3. The van der Waals surface area contributed by atoms with Gasteiger partial charge in [0.1, 0.15) is 11.3 Å². The Morgan fingerprint density at radius 1 is 1.19 bits per heavy atom. The number of hydrogen-bond donors (Lipinski definition) is 2. The molecule has 0 unspecified atom stereocenters. The number of fused-ring (bicyclic) bond motifs is 1. The van der Waals surface area contributed by atoms with Gasteiger partial charge in [-0.3, -0.25) is 14.0 Å². The highest BCUT2D eigenvalue weighted by atomic mass is 32.1. The fourth-order valence-corrected chi connectivity index (χ4v) is 3.53. The Bertz CT molecular complexity index is 947. The molecule has 3 heterocycles. The number of amides is 2. The molecule has 0 spiro atoms. The van der Waals surface area contributed by atoms with E-state index in [2.05, 4.69) is 20.6 Å². The Balaban J connectivity index is 1.37. The van der Waals surface area contributed by atoms with Gasteiger partial charge in [0, 0.05) is 30.2 Å². The molecule has 8 heteroatoms. The molecule has 0 aliphatic carbocycles. The van der Waals surface area contributed by atoms with Crippen LogP contribution in [0.2, 0.25) is 0 Å². The van der Waals surface area contributed by atoms with E-state index >= 15 is 0 Å². The van der Waals surface area contributed by atoms with Gasteiger partial charge in [-0.2, -0.15) is 0 Å². The molecule has 27 heavy (non-hydrogen) atoms. The second-order valence-corrected chi connectivity index (χ2v) is 7.60. The molecule has 0 radical (unpaired) electrons. The van der Waals surface area contributed by atoms with Gasteiger partial charge in [-0.05, 0) is 38.8 Å². The van der Waals surface area contributed by atoms with Gasteiger partial charge in [-0.15, -0.1) is 11.3 Å². The third kappa shape index (κ3) is 4.91. The minimum atomic E-state index is -0.122. The molecular formula is C19H23N5O2S. The molecule has 2 amide bonds. The van der Waals surface area contributed by atoms with Crippen molar-refractivity contribution in [3.05, 3.63) is 46.9 Å². The Labute approximate surface area is 161 Å². The highest BCUT2D eigenvalue weighted by Gasteiger charge is 2.15. The summed E-state index contributed by atoms with van der Waals surface area (Å²) in [6, 6.07) is 5.65. The fourth-order valence-electron chi connectivity index (χ4n) is 2.85. The first kappa shape index (κ1) is 19.0. The molecular weight excluding hydrogens is 362 g/mol. The van der Waals surface area contributed by atoms with Crippen LogP contribution in [0.4, 0.5) is 5.13 Å². The predicted molar refractivity (Wildman–Crippen MR) is 106 cm³/mol.